The molecule has 102 valence electrons. The number of nitrogens with one attached hydrogen (secondary N) is 1. The molecular formula is C16H26ClN. The lowest BCUT2D eigenvalue weighted by Crippen LogP contribution is -2.20. The van der Waals surface area contributed by atoms with E-state index in [2.05, 4.69) is 25.2 Å². The van der Waals surface area contributed by atoms with E-state index in [0.717, 1.165) is 11.6 Å². The Morgan fingerprint density at radius 3 is 2.44 bits per heavy atom. The van der Waals surface area contributed by atoms with Crippen molar-refractivity contribution in [2.24, 2.45) is 0 Å². The van der Waals surface area contributed by atoms with Gasteiger partial charge < -0.3 is 5.32 Å². The summed E-state index contributed by atoms with van der Waals surface area (Å²) in [6, 6.07) is 8.42. The van der Waals surface area contributed by atoms with Gasteiger partial charge in [-0.2, -0.15) is 0 Å². The summed E-state index contributed by atoms with van der Waals surface area (Å²) in [7, 11) is 0. The smallest absolute Gasteiger partial charge is 0.0453 e. The van der Waals surface area contributed by atoms with Gasteiger partial charge in [0.2, 0.25) is 0 Å². The van der Waals surface area contributed by atoms with Crippen molar-refractivity contribution in [2.45, 2.75) is 58.4 Å². The van der Waals surface area contributed by atoms with Gasteiger partial charge in [-0.25, -0.2) is 0 Å². The third-order valence-electron chi connectivity index (χ3n) is 3.35. The minimum Gasteiger partial charge on any atom is -0.310 e. The summed E-state index contributed by atoms with van der Waals surface area (Å²) in [6.07, 6.45) is 8.05. The van der Waals surface area contributed by atoms with Crippen molar-refractivity contribution >= 4 is 11.6 Å². The third-order valence-corrected chi connectivity index (χ3v) is 3.70. The number of hydrogen-bond donors (Lipinski definition) is 1. The first-order valence-electron chi connectivity index (χ1n) is 7.23. The van der Waals surface area contributed by atoms with Crippen LogP contribution in [0.15, 0.2) is 24.3 Å². The van der Waals surface area contributed by atoms with E-state index in [9.17, 15) is 0 Å². The predicted octanol–water partition coefficient (Wildman–Crippen LogP) is 5.35. The van der Waals surface area contributed by atoms with E-state index >= 15 is 0 Å². The zero-order valence-electron chi connectivity index (χ0n) is 11.7. The molecule has 0 spiro atoms. The second-order valence-corrected chi connectivity index (χ2v) is 5.37. The number of halogens is 1. The van der Waals surface area contributed by atoms with Crippen LogP contribution in [0.5, 0.6) is 0 Å². The minimum absolute atomic E-state index is 0.342. The van der Waals surface area contributed by atoms with Crippen LogP contribution in [0.1, 0.15) is 64.0 Å². The normalized spacial score (nSPS) is 12.6. The van der Waals surface area contributed by atoms with Crippen molar-refractivity contribution in [3.05, 3.63) is 34.9 Å². The Kier molecular flexibility index (Phi) is 8.11. The van der Waals surface area contributed by atoms with Crippen LogP contribution >= 0.6 is 11.6 Å². The van der Waals surface area contributed by atoms with E-state index in [1.165, 1.54) is 44.1 Å². The van der Waals surface area contributed by atoms with Crippen LogP contribution in [0, 0.1) is 0 Å². The van der Waals surface area contributed by atoms with Crippen LogP contribution in [-0.2, 0) is 0 Å². The largest absolute Gasteiger partial charge is 0.310 e. The predicted molar refractivity (Wildman–Crippen MR) is 81.2 cm³/mol. The lowest BCUT2D eigenvalue weighted by Gasteiger charge is -2.15. The molecule has 0 bridgehead atoms. The molecule has 0 saturated carbocycles. The average Bonchev–Trinajstić information content (AvgIpc) is 2.38. The Hall–Kier alpha value is -0.530. The van der Waals surface area contributed by atoms with Gasteiger partial charge in [0.1, 0.15) is 0 Å². The number of benzene rings is 1. The van der Waals surface area contributed by atoms with Crippen LogP contribution < -0.4 is 5.32 Å². The van der Waals surface area contributed by atoms with Crippen molar-refractivity contribution in [3.63, 3.8) is 0 Å². The second-order valence-electron chi connectivity index (χ2n) is 4.97. The topological polar surface area (TPSA) is 12.0 Å². The highest BCUT2D eigenvalue weighted by Gasteiger charge is 2.07. The second kappa shape index (κ2) is 9.41. The first-order chi connectivity index (χ1) is 8.75. The van der Waals surface area contributed by atoms with Crippen LogP contribution in [0.25, 0.3) is 0 Å². The number of hydrogen-bond acceptors (Lipinski definition) is 1. The molecule has 1 nitrogen and oxygen atoms in total. The molecule has 0 fully saturated rings. The maximum absolute atomic E-state index is 6.18. The fourth-order valence-electron chi connectivity index (χ4n) is 2.16. The van der Waals surface area contributed by atoms with E-state index < -0.39 is 0 Å². The van der Waals surface area contributed by atoms with E-state index in [1.54, 1.807) is 0 Å². The van der Waals surface area contributed by atoms with Gasteiger partial charge in [0.05, 0.1) is 0 Å². The molecular weight excluding hydrogens is 242 g/mol. The summed E-state index contributed by atoms with van der Waals surface area (Å²) in [5.41, 5.74) is 1.20. The monoisotopic (exact) mass is 267 g/mol. The Balaban J connectivity index is 2.14. The molecule has 1 atom stereocenters. The van der Waals surface area contributed by atoms with Crippen LogP contribution in [0.2, 0.25) is 5.02 Å². The molecule has 0 heterocycles. The summed E-state index contributed by atoms with van der Waals surface area (Å²) in [6.45, 7) is 5.52. The average molecular weight is 268 g/mol. The molecule has 0 radical (unpaired) electrons. The molecule has 0 unspecified atom stereocenters. The summed E-state index contributed by atoms with van der Waals surface area (Å²) >= 11 is 6.18. The molecule has 1 N–H and O–H groups in total. The molecule has 0 aliphatic heterocycles. The molecule has 1 aromatic rings. The highest BCUT2D eigenvalue weighted by molar-refractivity contribution is 6.31. The minimum atomic E-state index is 0.342. The molecule has 18 heavy (non-hydrogen) atoms. The fraction of sp³-hybridized carbons (Fsp3) is 0.625. The van der Waals surface area contributed by atoms with Crippen molar-refractivity contribution in [3.8, 4) is 0 Å². The summed E-state index contributed by atoms with van der Waals surface area (Å²) in [5.74, 6) is 0. The van der Waals surface area contributed by atoms with Crippen molar-refractivity contribution in [1.82, 2.24) is 5.32 Å². The van der Waals surface area contributed by atoms with Gasteiger partial charge in [-0.3, -0.25) is 0 Å². The van der Waals surface area contributed by atoms with Crippen molar-refractivity contribution in [2.75, 3.05) is 6.54 Å². The van der Waals surface area contributed by atoms with Gasteiger partial charge in [-0.05, 0) is 31.5 Å². The standard InChI is InChI=1S/C16H26ClN/c1-3-4-5-6-7-10-13-18-14(2)15-11-8-9-12-16(15)17/h8-9,11-12,14,18H,3-7,10,13H2,1-2H3/t14-/m1/s1. The molecule has 0 amide bonds. The van der Waals surface area contributed by atoms with Crippen molar-refractivity contribution < 1.29 is 0 Å². The molecule has 2 heteroatoms. The molecule has 0 aliphatic carbocycles. The zero-order chi connectivity index (χ0) is 13.2. The van der Waals surface area contributed by atoms with E-state index in [1.807, 2.05) is 18.2 Å². The summed E-state index contributed by atoms with van der Waals surface area (Å²) < 4.78 is 0. The fourth-order valence-corrected chi connectivity index (χ4v) is 2.46. The third kappa shape index (κ3) is 5.88. The van der Waals surface area contributed by atoms with Gasteiger partial charge in [0.25, 0.3) is 0 Å². The highest BCUT2D eigenvalue weighted by Crippen LogP contribution is 2.21. The molecule has 0 saturated heterocycles. The molecule has 1 rings (SSSR count). The first kappa shape index (κ1) is 15.5. The Bertz CT molecular complexity index is 325. The maximum Gasteiger partial charge on any atom is 0.0453 e. The van der Waals surface area contributed by atoms with E-state index in [0.29, 0.717) is 6.04 Å². The van der Waals surface area contributed by atoms with Gasteiger partial charge in [0.15, 0.2) is 0 Å². The Labute approximate surface area is 117 Å². The van der Waals surface area contributed by atoms with Crippen LogP contribution in [0.3, 0.4) is 0 Å². The van der Waals surface area contributed by atoms with Crippen LogP contribution in [0.4, 0.5) is 0 Å². The lowest BCUT2D eigenvalue weighted by atomic mass is 10.1. The van der Waals surface area contributed by atoms with E-state index in [-0.39, 0.29) is 0 Å². The van der Waals surface area contributed by atoms with Gasteiger partial charge in [-0.15, -0.1) is 0 Å². The van der Waals surface area contributed by atoms with Gasteiger partial charge in [-0.1, -0.05) is 68.8 Å². The van der Waals surface area contributed by atoms with Gasteiger partial charge in [0, 0.05) is 11.1 Å². The van der Waals surface area contributed by atoms with E-state index in [4.69, 9.17) is 11.6 Å². The SMILES string of the molecule is CCCCCCCCN[C@H](C)c1ccccc1Cl. The Morgan fingerprint density at radius 1 is 1.06 bits per heavy atom. The Morgan fingerprint density at radius 2 is 1.72 bits per heavy atom. The zero-order valence-corrected chi connectivity index (χ0v) is 12.5. The quantitative estimate of drug-likeness (QED) is 0.595. The molecule has 0 aliphatic rings. The number of unbranched alkanes of at least 4 members (excludes halogenated alkanes) is 5. The molecule has 0 aromatic heterocycles. The van der Waals surface area contributed by atoms with Gasteiger partial charge >= 0.3 is 0 Å². The van der Waals surface area contributed by atoms with Crippen LogP contribution in [-0.4, -0.2) is 6.54 Å². The molecule has 1 aromatic carbocycles. The summed E-state index contributed by atoms with van der Waals surface area (Å²) in [4.78, 5) is 0. The maximum atomic E-state index is 6.18. The van der Waals surface area contributed by atoms with Crippen molar-refractivity contribution in [1.29, 1.82) is 0 Å². The lowest BCUT2D eigenvalue weighted by molar-refractivity contribution is 0.527. The first-order valence-corrected chi connectivity index (χ1v) is 7.61. The number of rotatable bonds is 9. The highest BCUT2D eigenvalue weighted by atomic mass is 35.5. The summed E-state index contributed by atoms with van der Waals surface area (Å²) in [5, 5.41) is 4.41.